The molecule has 0 radical (unpaired) electrons. The second kappa shape index (κ2) is 6.30. The molecule has 0 fully saturated rings. The van der Waals surface area contributed by atoms with Crippen molar-refractivity contribution in [3.05, 3.63) is 51.5 Å². The fourth-order valence-corrected chi connectivity index (χ4v) is 3.88. The second-order valence-electron chi connectivity index (χ2n) is 5.16. The first-order valence-corrected chi connectivity index (χ1v) is 8.96. The second-order valence-corrected chi connectivity index (χ2v) is 7.66. The first-order chi connectivity index (χ1) is 10.2. The van der Waals surface area contributed by atoms with Crippen LogP contribution >= 0.6 is 15.9 Å². The van der Waals surface area contributed by atoms with Gasteiger partial charge in [0.2, 0.25) is 0 Å². The van der Waals surface area contributed by atoms with Gasteiger partial charge in [-0.25, -0.2) is 8.42 Å². The number of ether oxygens (including phenoxy) is 1. The molecule has 2 aromatic rings. The Kier molecular flexibility index (Phi) is 4.82. The smallest absolute Gasteiger partial charge is 0.262 e. The monoisotopic (exact) mass is 383 g/mol. The minimum atomic E-state index is -3.65. The Balaban J connectivity index is 2.42. The standard InChI is InChI=1S/C16H18BrNO3S/c1-10-5-6-13(9-14(10)17)18-22(19,20)16-8-11(2)15(21-4)7-12(16)3/h5-9,18H,1-4H3. The molecular weight excluding hydrogens is 366 g/mol. The van der Waals surface area contributed by atoms with Crippen LogP contribution in [-0.4, -0.2) is 15.5 Å². The quantitative estimate of drug-likeness (QED) is 0.860. The summed E-state index contributed by atoms with van der Waals surface area (Å²) in [4.78, 5) is 0.252. The van der Waals surface area contributed by atoms with Gasteiger partial charge in [0.1, 0.15) is 5.75 Å². The first kappa shape index (κ1) is 16.8. The summed E-state index contributed by atoms with van der Waals surface area (Å²) in [5.41, 5.74) is 2.98. The number of aryl methyl sites for hydroxylation is 3. The molecule has 0 bridgehead atoms. The summed E-state index contributed by atoms with van der Waals surface area (Å²) < 4.78 is 33.9. The van der Waals surface area contributed by atoms with E-state index in [1.165, 1.54) is 0 Å². The summed E-state index contributed by atoms with van der Waals surface area (Å²) in [5.74, 6) is 0.675. The molecule has 0 aliphatic carbocycles. The SMILES string of the molecule is COc1cc(C)c(S(=O)(=O)Nc2ccc(C)c(Br)c2)cc1C. The average Bonchev–Trinajstić information content (AvgIpc) is 2.44. The number of nitrogens with one attached hydrogen (secondary N) is 1. The minimum Gasteiger partial charge on any atom is -0.496 e. The largest absolute Gasteiger partial charge is 0.496 e. The van der Waals surface area contributed by atoms with Gasteiger partial charge in [-0.1, -0.05) is 22.0 Å². The van der Waals surface area contributed by atoms with Crippen LogP contribution in [0.5, 0.6) is 5.75 Å². The molecule has 0 unspecified atom stereocenters. The number of benzene rings is 2. The van der Waals surface area contributed by atoms with Gasteiger partial charge >= 0.3 is 0 Å². The van der Waals surface area contributed by atoms with Crippen LogP contribution in [0.3, 0.4) is 0 Å². The van der Waals surface area contributed by atoms with Crippen molar-refractivity contribution < 1.29 is 13.2 Å². The van der Waals surface area contributed by atoms with E-state index in [0.29, 0.717) is 17.0 Å². The average molecular weight is 384 g/mol. The number of sulfonamides is 1. The zero-order valence-corrected chi connectivity index (χ0v) is 15.3. The zero-order chi connectivity index (χ0) is 16.5. The van der Waals surface area contributed by atoms with E-state index < -0.39 is 10.0 Å². The van der Waals surface area contributed by atoms with Gasteiger partial charge in [0.05, 0.1) is 12.0 Å². The molecule has 0 saturated carbocycles. The molecule has 0 spiro atoms. The Morgan fingerprint density at radius 3 is 2.27 bits per heavy atom. The molecule has 1 N–H and O–H groups in total. The molecule has 0 aliphatic heterocycles. The van der Waals surface area contributed by atoms with E-state index in [2.05, 4.69) is 20.7 Å². The van der Waals surface area contributed by atoms with Gasteiger partial charge in [-0.15, -0.1) is 0 Å². The van der Waals surface area contributed by atoms with Crippen LogP contribution in [0.4, 0.5) is 5.69 Å². The Morgan fingerprint density at radius 2 is 1.68 bits per heavy atom. The summed E-state index contributed by atoms with van der Waals surface area (Å²) in [7, 11) is -2.08. The van der Waals surface area contributed by atoms with E-state index >= 15 is 0 Å². The molecule has 0 atom stereocenters. The van der Waals surface area contributed by atoms with Crippen molar-refractivity contribution in [1.29, 1.82) is 0 Å². The van der Waals surface area contributed by atoms with Gasteiger partial charge in [-0.3, -0.25) is 4.72 Å². The van der Waals surface area contributed by atoms with E-state index in [9.17, 15) is 8.42 Å². The van der Waals surface area contributed by atoms with Crippen LogP contribution in [0.25, 0.3) is 0 Å². The third-order valence-electron chi connectivity index (χ3n) is 3.41. The highest BCUT2D eigenvalue weighted by atomic mass is 79.9. The molecule has 0 amide bonds. The maximum absolute atomic E-state index is 12.6. The van der Waals surface area contributed by atoms with Gasteiger partial charge in [0, 0.05) is 10.2 Å². The summed E-state index contributed by atoms with van der Waals surface area (Å²) in [6.07, 6.45) is 0. The molecule has 2 rings (SSSR count). The number of hydrogen-bond acceptors (Lipinski definition) is 3. The maximum atomic E-state index is 12.6. The van der Waals surface area contributed by atoms with Gasteiger partial charge in [-0.2, -0.15) is 0 Å². The Labute approximate surface area is 139 Å². The molecule has 118 valence electrons. The lowest BCUT2D eigenvalue weighted by atomic mass is 10.1. The van der Waals surface area contributed by atoms with Crippen molar-refractivity contribution in [2.24, 2.45) is 0 Å². The molecule has 0 aromatic heterocycles. The van der Waals surface area contributed by atoms with Crippen molar-refractivity contribution in [2.45, 2.75) is 25.7 Å². The predicted octanol–water partition coefficient (Wildman–Crippen LogP) is 4.18. The lowest BCUT2D eigenvalue weighted by Gasteiger charge is -2.14. The van der Waals surface area contributed by atoms with Gasteiger partial charge < -0.3 is 4.74 Å². The van der Waals surface area contributed by atoms with E-state index in [-0.39, 0.29) is 4.90 Å². The van der Waals surface area contributed by atoms with Crippen LogP contribution in [0, 0.1) is 20.8 Å². The van der Waals surface area contributed by atoms with Gasteiger partial charge in [0.15, 0.2) is 0 Å². The van der Waals surface area contributed by atoms with Crippen molar-refractivity contribution in [3.8, 4) is 5.75 Å². The summed E-state index contributed by atoms with van der Waals surface area (Å²) in [5, 5.41) is 0. The van der Waals surface area contributed by atoms with Crippen molar-refractivity contribution in [2.75, 3.05) is 11.8 Å². The molecular formula is C16H18BrNO3S. The topological polar surface area (TPSA) is 55.4 Å². The van der Waals surface area contributed by atoms with Gasteiger partial charge in [0.25, 0.3) is 10.0 Å². The lowest BCUT2D eigenvalue weighted by molar-refractivity contribution is 0.411. The molecule has 0 heterocycles. The van der Waals surface area contributed by atoms with Gasteiger partial charge in [-0.05, 0) is 61.7 Å². The number of anilines is 1. The Morgan fingerprint density at radius 1 is 1.00 bits per heavy atom. The maximum Gasteiger partial charge on any atom is 0.262 e. The van der Waals surface area contributed by atoms with E-state index in [0.717, 1.165) is 15.6 Å². The first-order valence-electron chi connectivity index (χ1n) is 6.69. The zero-order valence-electron chi connectivity index (χ0n) is 12.9. The van der Waals surface area contributed by atoms with Crippen LogP contribution < -0.4 is 9.46 Å². The minimum absolute atomic E-state index is 0.252. The molecule has 6 heteroatoms. The van der Waals surface area contributed by atoms with Crippen molar-refractivity contribution in [3.63, 3.8) is 0 Å². The number of halogens is 1. The third-order valence-corrected chi connectivity index (χ3v) is 5.78. The molecule has 2 aromatic carbocycles. The highest BCUT2D eigenvalue weighted by Crippen LogP contribution is 2.28. The molecule has 0 aliphatic rings. The summed E-state index contributed by atoms with van der Waals surface area (Å²) >= 11 is 3.40. The summed E-state index contributed by atoms with van der Waals surface area (Å²) in [6, 6.07) is 8.70. The van der Waals surface area contributed by atoms with Crippen LogP contribution in [0.2, 0.25) is 0 Å². The lowest BCUT2D eigenvalue weighted by Crippen LogP contribution is -2.14. The highest BCUT2D eigenvalue weighted by Gasteiger charge is 2.19. The third kappa shape index (κ3) is 3.44. The van der Waals surface area contributed by atoms with Crippen molar-refractivity contribution >= 4 is 31.6 Å². The normalized spacial score (nSPS) is 11.3. The van der Waals surface area contributed by atoms with Crippen LogP contribution in [0.15, 0.2) is 39.7 Å². The Bertz CT molecular complexity index is 816. The van der Waals surface area contributed by atoms with E-state index in [1.54, 1.807) is 38.3 Å². The summed E-state index contributed by atoms with van der Waals surface area (Å²) in [6.45, 7) is 5.51. The predicted molar refractivity (Wildman–Crippen MR) is 92.2 cm³/mol. The van der Waals surface area contributed by atoms with Crippen LogP contribution in [-0.2, 0) is 10.0 Å². The Hall–Kier alpha value is -1.53. The van der Waals surface area contributed by atoms with E-state index in [1.807, 2.05) is 19.9 Å². The molecule has 4 nitrogen and oxygen atoms in total. The van der Waals surface area contributed by atoms with Crippen LogP contribution in [0.1, 0.15) is 16.7 Å². The van der Waals surface area contributed by atoms with E-state index in [4.69, 9.17) is 4.74 Å². The number of rotatable bonds is 4. The number of hydrogen-bond donors (Lipinski definition) is 1. The number of methoxy groups -OCH3 is 1. The highest BCUT2D eigenvalue weighted by molar-refractivity contribution is 9.10. The fourth-order valence-electron chi connectivity index (χ4n) is 2.14. The molecule has 0 saturated heterocycles. The fraction of sp³-hybridized carbons (Fsp3) is 0.250. The molecule has 22 heavy (non-hydrogen) atoms. The van der Waals surface area contributed by atoms with Crippen molar-refractivity contribution in [1.82, 2.24) is 0 Å².